The Bertz CT molecular complexity index is 1550. The van der Waals surface area contributed by atoms with Crippen molar-refractivity contribution in [2.45, 2.75) is 31.7 Å². The highest BCUT2D eigenvalue weighted by Crippen LogP contribution is 2.36. The van der Waals surface area contributed by atoms with Crippen LogP contribution in [-0.2, 0) is 15.5 Å². The number of hydrogen-bond donors (Lipinski definition) is 3. The first-order valence-corrected chi connectivity index (χ1v) is 13.9. The van der Waals surface area contributed by atoms with Crippen molar-refractivity contribution in [2.75, 3.05) is 23.4 Å². The Balaban J connectivity index is 1.53. The third kappa shape index (κ3) is 6.06. The van der Waals surface area contributed by atoms with Crippen molar-refractivity contribution >= 4 is 36.4 Å². The fourth-order valence-corrected chi connectivity index (χ4v) is 5.74. The number of hydrogen-bond acceptors (Lipinski definition) is 4. The molecule has 1 aliphatic heterocycles. The number of amides is 3. The molecule has 0 radical (unpaired) electrons. The highest BCUT2D eigenvalue weighted by Gasteiger charge is 2.37. The molecule has 3 amide bonds. The molecule has 14 heteroatoms. The van der Waals surface area contributed by atoms with Crippen LogP contribution in [0.15, 0.2) is 48.5 Å². The summed E-state index contributed by atoms with van der Waals surface area (Å²) in [6.45, 7) is 2.71. The van der Waals surface area contributed by atoms with Crippen molar-refractivity contribution in [3.63, 3.8) is 0 Å². The van der Waals surface area contributed by atoms with E-state index in [-0.39, 0.29) is 35.5 Å². The molecule has 41 heavy (non-hydrogen) atoms. The van der Waals surface area contributed by atoms with Gasteiger partial charge in [0.15, 0.2) is 11.6 Å². The number of urea groups is 1. The SMILES string of the molecule is CC(O)c1cccc(-c2ccc(N3CC[C@@H](NC(=O)Nc4ccc(C(F)(F)F)cc4F)C3=O)c(F)c2F)c1[P+](C)=O. The summed E-state index contributed by atoms with van der Waals surface area (Å²) >= 11 is 0. The fraction of sp³-hybridized carbons (Fsp3) is 0.259. The first-order chi connectivity index (χ1) is 19.2. The molecular weight excluding hydrogens is 575 g/mol. The first-order valence-electron chi connectivity index (χ1n) is 12.2. The third-order valence-electron chi connectivity index (χ3n) is 6.53. The summed E-state index contributed by atoms with van der Waals surface area (Å²) in [5.41, 5.74) is -2.04. The van der Waals surface area contributed by atoms with Gasteiger partial charge in [0, 0.05) is 23.2 Å². The molecule has 0 aromatic heterocycles. The van der Waals surface area contributed by atoms with Gasteiger partial charge < -0.3 is 20.6 Å². The predicted octanol–water partition coefficient (Wildman–Crippen LogP) is 5.85. The molecule has 1 saturated heterocycles. The van der Waals surface area contributed by atoms with Crippen LogP contribution in [-0.4, -0.2) is 36.3 Å². The Labute approximate surface area is 230 Å². The van der Waals surface area contributed by atoms with E-state index in [1.807, 2.05) is 5.32 Å². The molecule has 0 aliphatic carbocycles. The van der Waals surface area contributed by atoms with Crippen LogP contribution in [0.3, 0.4) is 0 Å². The Morgan fingerprint density at radius 3 is 2.39 bits per heavy atom. The zero-order valence-electron chi connectivity index (χ0n) is 21.5. The van der Waals surface area contributed by atoms with E-state index in [9.17, 15) is 36.8 Å². The summed E-state index contributed by atoms with van der Waals surface area (Å²) in [5.74, 6) is -4.83. The number of nitrogens with zero attached hydrogens (tertiary/aromatic N) is 1. The van der Waals surface area contributed by atoms with E-state index >= 15 is 8.78 Å². The topological polar surface area (TPSA) is 98.7 Å². The van der Waals surface area contributed by atoms with E-state index in [4.69, 9.17) is 0 Å². The summed E-state index contributed by atoms with van der Waals surface area (Å²) in [4.78, 5) is 26.2. The van der Waals surface area contributed by atoms with Crippen LogP contribution >= 0.6 is 7.80 Å². The number of aliphatic hydroxyl groups is 1. The number of anilines is 2. The van der Waals surface area contributed by atoms with Crippen molar-refractivity contribution in [3.8, 4) is 11.1 Å². The molecule has 1 aliphatic rings. The Morgan fingerprint density at radius 2 is 1.78 bits per heavy atom. The van der Waals surface area contributed by atoms with Gasteiger partial charge in [0.25, 0.3) is 0 Å². The molecule has 3 aromatic rings. The average Bonchev–Trinajstić information content (AvgIpc) is 3.24. The number of benzene rings is 3. The van der Waals surface area contributed by atoms with Gasteiger partial charge in [-0.25, -0.2) is 18.0 Å². The lowest BCUT2D eigenvalue weighted by molar-refractivity contribution is -0.137. The normalized spacial score (nSPS) is 16.5. The summed E-state index contributed by atoms with van der Waals surface area (Å²) in [6, 6.07) is 6.04. The number of halogens is 6. The molecule has 1 fully saturated rings. The van der Waals surface area contributed by atoms with Crippen LogP contribution in [0.5, 0.6) is 0 Å². The van der Waals surface area contributed by atoms with Crippen LogP contribution in [0.4, 0.5) is 42.5 Å². The number of nitrogens with one attached hydrogen (secondary N) is 2. The zero-order valence-corrected chi connectivity index (χ0v) is 22.4. The average molecular weight is 598 g/mol. The quantitative estimate of drug-likeness (QED) is 0.245. The van der Waals surface area contributed by atoms with E-state index in [2.05, 4.69) is 5.32 Å². The van der Waals surface area contributed by atoms with Crippen LogP contribution in [0.2, 0.25) is 0 Å². The maximum absolute atomic E-state index is 15.3. The highest BCUT2D eigenvalue weighted by molar-refractivity contribution is 7.53. The minimum Gasteiger partial charge on any atom is -0.389 e. The molecule has 0 saturated carbocycles. The molecule has 4 rings (SSSR count). The Morgan fingerprint density at radius 1 is 1.07 bits per heavy atom. The molecule has 216 valence electrons. The van der Waals surface area contributed by atoms with E-state index in [0.29, 0.717) is 11.6 Å². The molecule has 7 nitrogen and oxygen atoms in total. The monoisotopic (exact) mass is 598 g/mol. The number of carbonyl (C=O) groups excluding carboxylic acids is 2. The third-order valence-corrected chi connectivity index (χ3v) is 7.66. The minimum atomic E-state index is -4.78. The smallest absolute Gasteiger partial charge is 0.389 e. The highest BCUT2D eigenvalue weighted by atomic mass is 31.1. The van der Waals surface area contributed by atoms with Crippen molar-refractivity contribution in [3.05, 3.63) is 77.1 Å². The summed E-state index contributed by atoms with van der Waals surface area (Å²) in [7, 11) is -2.06. The standard InChI is InChI=1S/C27H22F6N3O4P/c1-13(37)15-4-3-5-17(24(15)41(2)40)16-7-9-21(23(30)22(16)29)36-11-10-20(25(36)38)35-26(39)34-19-8-6-14(12-18(19)28)27(31,32)33/h3-9,12-13,20,37H,10-11H2,1-2H3,(H-,34,35,39)/p+1/t13?,20-/m1/s1. The maximum atomic E-state index is 15.3. The van der Waals surface area contributed by atoms with Crippen molar-refractivity contribution in [1.29, 1.82) is 0 Å². The second kappa shape index (κ2) is 11.5. The Hall–Kier alpha value is -3.96. The lowest BCUT2D eigenvalue weighted by Crippen LogP contribution is -2.43. The second-order valence-electron chi connectivity index (χ2n) is 9.30. The summed E-state index contributed by atoms with van der Waals surface area (Å²) in [5, 5.41) is 14.5. The van der Waals surface area contributed by atoms with Crippen molar-refractivity contribution < 1.29 is 45.6 Å². The van der Waals surface area contributed by atoms with Crippen LogP contribution in [0.1, 0.15) is 30.6 Å². The summed E-state index contributed by atoms with van der Waals surface area (Å²) < 4.78 is 95.3. The fourth-order valence-electron chi connectivity index (χ4n) is 4.59. The van der Waals surface area contributed by atoms with Gasteiger partial charge in [0.05, 0.1) is 23.0 Å². The number of rotatable bonds is 6. The zero-order chi connectivity index (χ0) is 30.2. The van der Waals surface area contributed by atoms with E-state index in [1.165, 1.54) is 37.9 Å². The molecule has 2 unspecified atom stereocenters. The van der Waals surface area contributed by atoms with E-state index < -0.39 is 72.5 Å². The predicted molar refractivity (Wildman–Crippen MR) is 140 cm³/mol. The van der Waals surface area contributed by atoms with Gasteiger partial charge in [-0.3, -0.25) is 4.79 Å². The van der Waals surface area contributed by atoms with E-state index in [0.717, 1.165) is 17.0 Å². The van der Waals surface area contributed by atoms with Crippen LogP contribution < -0.4 is 20.8 Å². The Kier molecular flexibility index (Phi) is 8.41. The van der Waals surface area contributed by atoms with Gasteiger partial charge in [-0.15, -0.1) is 0 Å². The minimum absolute atomic E-state index is 0.0263. The number of alkyl halides is 3. The van der Waals surface area contributed by atoms with Crippen molar-refractivity contribution in [2.24, 2.45) is 0 Å². The molecular formula is C27H23F6N3O4P+. The van der Waals surface area contributed by atoms with Gasteiger partial charge >= 0.3 is 20.0 Å². The number of aliphatic hydroxyl groups excluding tert-OH is 1. The molecule has 0 bridgehead atoms. The lowest BCUT2D eigenvalue weighted by Gasteiger charge is -2.19. The van der Waals surface area contributed by atoms with Gasteiger partial charge in [-0.05, 0) is 49.7 Å². The molecule has 3 N–H and O–H groups in total. The molecule has 1 heterocycles. The molecule has 3 aromatic carbocycles. The second-order valence-corrected chi connectivity index (χ2v) is 10.7. The van der Waals surface area contributed by atoms with Crippen LogP contribution in [0.25, 0.3) is 11.1 Å². The van der Waals surface area contributed by atoms with Crippen molar-refractivity contribution in [1.82, 2.24) is 5.32 Å². The molecule has 0 spiro atoms. The van der Waals surface area contributed by atoms with E-state index in [1.54, 1.807) is 0 Å². The first kappa shape index (κ1) is 30.0. The largest absolute Gasteiger partial charge is 0.416 e. The number of carbonyl (C=O) groups is 2. The van der Waals surface area contributed by atoms with Crippen LogP contribution in [0, 0.1) is 17.5 Å². The van der Waals surface area contributed by atoms with Gasteiger partial charge in [0.1, 0.15) is 18.5 Å². The van der Waals surface area contributed by atoms with Gasteiger partial charge in [-0.2, -0.15) is 13.2 Å². The van der Waals surface area contributed by atoms with Gasteiger partial charge in [0.2, 0.25) is 11.2 Å². The summed E-state index contributed by atoms with van der Waals surface area (Å²) in [6.07, 6.45) is -5.83. The lowest BCUT2D eigenvalue weighted by atomic mass is 9.99. The van der Waals surface area contributed by atoms with Gasteiger partial charge in [-0.1, -0.05) is 16.7 Å². The maximum Gasteiger partial charge on any atom is 0.416 e. The molecule has 3 atom stereocenters.